The summed E-state index contributed by atoms with van der Waals surface area (Å²) in [7, 11) is 0. The average Bonchev–Trinajstić information content (AvgIpc) is 1.12. The van der Waals surface area contributed by atoms with Crippen LogP contribution in [0.1, 0.15) is 0 Å². The summed E-state index contributed by atoms with van der Waals surface area (Å²) in [4.78, 5) is 0. The van der Waals surface area contributed by atoms with E-state index in [4.69, 9.17) is 33.7 Å². The first kappa shape index (κ1) is 20.7. The summed E-state index contributed by atoms with van der Waals surface area (Å²) in [5, 5.41) is 0. The van der Waals surface area contributed by atoms with Gasteiger partial charge in [0.25, 0.3) is 0 Å². The smallest absolute Gasteiger partial charge is 0.0609 e. The Kier molecular flexibility index (Phi) is 17.9. The Balaban J connectivity index is -0.000000107. The van der Waals surface area contributed by atoms with Crippen molar-refractivity contribution in [2.75, 3.05) is 0 Å². The molecule has 0 fully saturated rings. The Bertz CT molecular complexity index is 137. The van der Waals surface area contributed by atoms with Crippen LogP contribution in [0.3, 0.4) is 0 Å². The molecule has 11 heteroatoms. The van der Waals surface area contributed by atoms with E-state index in [0.29, 0.717) is 0 Å². The van der Waals surface area contributed by atoms with E-state index in [2.05, 4.69) is 70.1 Å². The fraction of sp³-hybridized carbons (Fsp3) is 0. The van der Waals surface area contributed by atoms with Crippen LogP contribution in [-0.2, 0) is 44.7 Å². The van der Waals surface area contributed by atoms with Gasteiger partial charge in [-0.2, -0.15) is 0 Å². The number of rotatable bonds is 0. The van der Waals surface area contributed by atoms with Crippen molar-refractivity contribution in [3.63, 3.8) is 0 Å². The Hall–Kier alpha value is 4.30. The van der Waals surface area contributed by atoms with Crippen LogP contribution in [0.5, 0.6) is 0 Å². The molecular formula is Br3Cl3P2PtS2. The van der Waals surface area contributed by atoms with E-state index in [1.165, 1.54) is 0 Å². The molecule has 0 aliphatic carbocycles. The van der Waals surface area contributed by atoms with Gasteiger partial charge in [0.1, 0.15) is 2.15 Å². The minimum absolute atomic E-state index is 0. The molecule has 0 bridgehead atoms. The van der Waals surface area contributed by atoms with Gasteiger partial charge in [-0.15, -0.1) is 0 Å². The molecule has 0 rings (SSSR count). The van der Waals surface area contributed by atoms with E-state index in [1.54, 1.807) is 0 Å². The van der Waals surface area contributed by atoms with Crippen molar-refractivity contribution in [3.05, 3.63) is 0 Å². The summed E-state index contributed by atoms with van der Waals surface area (Å²) in [6, 6.07) is 0. The van der Waals surface area contributed by atoms with Crippen molar-refractivity contribution in [3.8, 4) is 0 Å². The van der Waals surface area contributed by atoms with Crippen LogP contribution in [0.2, 0.25) is 0 Å². The Labute approximate surface area is 129 Å². The quantitative estimate of drug-likeness (QED) is 0.278. The standard InChI is InChI=1S/Br3PS.Cl3PS.Pt/c2*1-4(2,3)5;. The van der Waals surface area contributed by atoms with Crippen molar-refractivity contribution in [2.45, 2.75) is 0 Å². The van der Waals surface area contributed by atoms with Gasteiger partial charge >= 0.3 is 0 Å². The predicted molar refractivity (Wildman–Crippen MR) is 72.9 cm³/mol. The zero-order valence-corrected chi connectivity index (χ0v) is 17.0. The van der Waals surface area contributed by atoms with Gasteiger partial charge in [-0.1, -0.05) is 45.5 Å². The minimum Gasteiger partial charge on any atom is -0.0609 e. The van der Waals surface area contributed by atoms with Gasteiger partial charge in [0.05, 0.1) is 0 Å². The summed E-state index contributed by atoms with van der Waals surface area (Å²) < 4.78 is -3.76. The van der Waals surface area contributed by atoms with E-state index < -0.39 is 6.24 Å². The summed E-state index contributed by atoms with van der Waals surface area (Å²) >= 11 is 33.3. The van der Waals surface area contributed by atoms with Crippen LogP contribution in [0, 0.1) is 0 Å². The number of halogens is 6. The molecule has 0 aliphatic heterocycles. The third-order valence-corrected chi connectivity index (χ3v) is 0. The fourth-order valence-corrected chi connectivity index (χ4v) is 0. The minimum atomic E-state index is -2.39. The number of hydrogen-bond donors (Lipinski definition) is 0. The molecule has 0 spiro atoms. The second kappa shape index (κ2) is 9.52. The Morgan fingerprint density at radius 1 is 0.909 bits per heavy atom. The summed E-state index contributed by atoms with van der Waals surface area (Å²) in [6.07, 6.45) is 0. The molecule has 0 unspecified atom stereocenters. The molecule has 0 nitrogen and oxygen atoms in total. The average molecular weight is 667 g/mol. The van der Waals surface area contributed by atoms with Gasteiger partial charge in [0.2, 0.25) is 4.10 Å². The maximum atomic E-state index is 4.99. The topological polar surface area (TPSA) is 0 Å². The molecule has 0 aromatic heterocycles. The van der Waals surface area contributed by atoms with Crippen molar-refractivity contribution < 1.29 is 21.1 Å². The van der Waals surface area contributed by atoms with Crippen LogP contribution in [0.25, 0.3) is 0 Å². The van der Waals surface area contributed by atoms with Gasteiger partial charge in [0.15, 0.2) is 0 Å². The van der Waals surface area contributed by atoms with Gasteiger partial charge in [-0.25, -0.2) is 0 Å². The zero-order chi connectivity index (χ0) is 9.00. The van der Waals surface area contributed by atoms with E-state index in [9.17, 15) is 0 Å². The van der Waals surface area contributed by atoms with Gasteiger partial charge < -0.3 is 0 Å². The molecule has 0 heterocycles. The van der Waals surface area contributed by atoms with Crippen LogP contribution < -0.4 is 0 Å². The molecule has 0 saturated carbocycles. The molecular weight excluding hydrogens is 667 g/mol. The molecule has 0 atom stereocenters. The fourth-order valence-electron chi connectivity index (χ4n) is 0. The van der Waals surface area contributed by atoms with Crippen LogP contribution in [0.15, 0.2) is 0 Å². The molecule has 0 N–H and O–H groups in total. The van der Waals surface area contributed by atoms with Crippen LogP contribution in [-0.4, -0.2) is 0 Å². The summed E-state index contributed by atoms with van der Waals surface area (Å²) in [6.45, 7) is 0. The van der Waals surface area contributed by atoms with Crippen molar-refractivity contribution >= 4 is 110 Å². The normalized spacial score (nSPS) is 10.7. The Morgan fingerprint density at radius 2 is 0.909 bits per heavy atom. The monoisotopic (exact) mass is 663 g/mol. The van der Waals surface area contributed by atoms with Crippen molar-refractivity contribution in [1.82, 2.24) is 0 Å². The maximum Gasteiger partial charge on any atom is 0.202 e. The molecule has 0 amide bonds. The molecule has 0 radical (unpaired) electrons. The van der Waals surface area contributed by atoms with E-state index in [0.717, 1.165) is 0 Å². The van der Waals surface area contributed by atoms with Crippen LogP contribution >= 0.6 is 86.4 Å². The second-order valence-electron chi connectivity index (χ2n) is 0.797. The third-order valence-electron chi connectivity index (χ3n) is 0. The van der Waals surface area contributed by atoms with E-state index >= 15 is 0 Å². The molecule has 0 saturated heterocycles. The summed E-state index contributed by atoms with van der Waals surface area (Å²) in [5.74, 6) is 0. The molecule has 0 aliphatic rings. The molecule has 0 aromatic carbocycles. The SMILES string of the molecule is S=P(Br)(Br)Br.S=P(Cl)(Cl)Cl.[Pt]. The van der Waals surface area contributed by atoms with Gasteiger partial charge in [-0.3, -0.25) is 0 Å². The summed E-state index contributed by atoms with van der Waals surface area (Å²) in [5.41, 5.74) is 0. The molecule has 74 valence electrons. The second-order valence-corrected chi connectivity index (χ2v) is 36.0. The Morgan fingerprint density at radius 3 is 0.909 bits per heavy atom. The third kappa shape index (κ3) is 117. The maximum absolute atomic E-state index is 4.99. The molecule has 11 heavy (non-hydrogen) atoms. The van der Waals surface area contributed by atoms with Crippen LogP contribution in [0.4, 0.5) is 0 Å². The zero-order valence-electron chi connectivity index (χ0n) is 4.29. The first-order valence-electron chi connectivity index (χ1n) is 1.38. The largest absolute Gasteiger partial charge is 0.202 e. The van der Waals surface area contributed by atoms with E-state index in [-0.39, 0.29) is 21.1 Å². The number of hydrogen-bond acceptors (Lipinski definition) is 2. The first-order chi connectivity index (χ1) is 4.00. The molecule has 0 aromatic rings. The predicted octanol–water partition coefficient (Wildman–Crippen LogP) is 6.32. The van der Waals surface area contributed by atoms with E-state index in [1.807, 2.05) is 0 Å². The van der Waals surface area contributed by atoms with Gasteiger partial charge in [-0.05, 0) is 58.3 Å². The van der Waals surface area contributed by atoms with Crippen molar-refractivity contribution in [1.29, 1.82) is 0 Å². The van der Waals surface area contributed by atoms with Gasteiger partial charge in [0, 0.05) is 21.1 Å². The first-order valence-corrected chi connectivity index (χ1v) is 15.8. The van der Waals surface area contributed by atoms with Crippen molar-refractivity contribution in [2.24, 2.45) is 0 Å².